The van der Waals surface area contributed by atoms with Crippen LogP contribution in [0.4, 0.5) is 0 Å². The number of halogens is 4. The van der Waals surface area contributed by atoms with Crippen molar-refractivity contribution in [2.45, 2.75) is 120 Å². The minimum Gasteiger partial charge on any atom is -0.497 e. The Bertz CT molecular complexity index is 1880. The number of fused-ring (bicyclic) bond motifs is 4. The molecule has 4 unspecified atom stereocenters. The summed E-state index contributed by atoms with van der Waals surface area (Å²) in [5, 5.41) is 15.9. The first-order valence-electron chi connectivity index (χ1n) is 23.5. The molecule has 16 heteroatoms. The van der Waals surface area contributed by atoms with Crippen molar-refractivity contribution in [3.63, 3.8) is 0 Å². The first-order chi connectivity index (χ1) is 29.9. The van der Waals surface area contributed by atoms with Crippen LogP contribution in [0.3, 0.4) is 0 Å². The van der Waals surface area contributed by atoms with Crippen molar-refractivity contribution in [1.29, 1.82) is 0 Å². The van der Waals surface area contributed by atoms with E-state index in [2.05, 4.69) is 94.1 Å². The fourth-order valence-corrected chi connectivity index (χ4v) is 12.5. The third-order valence-corrected chi connectivity index (χ3v) is 15.8. The predicted molar refractivity (Wildman–Crippen MR) is 289 cm³/mol. The Morgan fingerprint density at radius 3 is 0.841 bits per heavy atom. The lowest BCUT2D eigenvalue weighted by Gasteiger charge is -2.40. The van der Waals surface area contributed by atoms with Crippen molar-refractivity contribution in [3.05, 3.63) is 117 Å². The summed E-state index contributed by atoms with van der Waals surface area (Å²) >= 11 is 0. The number of hydrogen-bond donors (Lipinski definition) is 4. The molecule has 4 atom stereocenters. The first kappa shape index (κ1) is 63.9. The standard InChI is InChI=1S/C53H70N4O4.4ClH.4H2O/c1-58-40-5-9-44-36(31-40)17-27-54-48(44)13-21-52(22-14-49-45-10-6-41(59-2)32-37(45)18-28-55-49)25-26-53(35-52,23-15-50-46-11-7-42(60-3)33-38(46)19-29-56-50)24-16-51-47-12-8-43(61-4)34-39(47)20-30-57-51;;;;;;;;/h5-12,31-34,48-51,54-57H,13-30,35H2,1-4H3;4*1H;4*1H2. The van der Waals surface area contributed by atoms with E-state index in [0.29, 0.717) is 24.2 Å². The summed E-state index contributed by atoms with van der Waals surface area (Å²) in [5.74, 6) is 3.88. The highest BCUT2D eigenvalue weighted by Gasteiger charge is 2.48. The molecule has 0 amide bonds. The third-order valence-electron chi connectivity index (χ3n) is 15.8. The van der Waals surface area contributed by atoms with Gasteiger partial charge in [-0.2, -0.15) is 0 Å². The topological polar surface area (TPSA) is 211 Å². The van der Waals surface area contributed by atoms with E-state index in [1.165, 1.54) is 115 Å². The van der Waals surface area contributed by atoms with E-state index in [1.54, 1.807) is 28.4 Å². The van der Waals surface area contributed by atoms with E-state index in [4.69, 9.17) is 18.9 Å². The maximum atomic E-state index is 5.66. The highest BCUT2D eigenvalue weighted by atomic mass is 35.5. The lowest BCUT2D eigenvalue weighted by molar-refractivity contribution is 0.147. The molecule has 0 saturated heterocycles. The van der Waals surface area contributed by atoms with E-state index in [0.717, 1.165) is 74.9 Å². The van der Waals surface area contributed by atoms with Crippen molar-refractivity contribution in [1.82, 2.24) is 21.3 Å². The molecule has 5 aliphatic rings. The van der Waals surface area contributed by atoms with Crippen LogP contribution >= 0.6 is 49.6 Å². The Morgan fingerprint density at radius 2 is 0.623 bits per heavy atom. The summed E-state index contributed by atoms with van der Waals surface area (Å²) < 4.78 is 22.7. The molecule has 4 aromatic rings. The van der Waals surface area contributed by atoms with Gasteiger partial charge in [-0.25, -0.2) is 0 Å². The molecule has 0 spiro atoms. The van der Waals surface area contributed by atoms with E-state index in [9.17, 15) is 0 Å². The summed E-state index contributed by atoms with van der Waals surface area (Å²) in [7, 11) is 7.14. The van der Waals surface area contributed by atoms with Crippen LogP contribution in [0, 0.1) is 10.8 Å². The molecule has 1 saturated carbocycles. The molecule has 0 bridgehead atoms. The number of methoxy groups -OCH3 is 4. The van der Waals surface area contributed by atoms with Gasteiger partial charge in [0.1, 0.15) is 23.0 Å². The van der Waals surface area contributed by atoms with E-state index in [-0.39, 0.29) is 82.4 Å². The summed E-state index contributed by atoms with van der Waals surface area (Å²) in [6.07, 6.45) is 17.8. The van der Waals surface area contributed by atoms with Crippen LogP contribution in [-0.4, -0.2) is 76.5 Å². The fraction of sp³-hybridized carbons (Fsp3) is 0.547. The normalized spacial score (nSPS) is 23.6. The Balaban J connectivity index is 0.00000298. The first-order valence-corrected chi connectivity index (χ1v) is 23.5. The van der Waals surface area contributed by atoms with Gasteiger partial charge in [-0.15, -0.1) is 49.6 Å². The average molecular weight is 1050 g/mol. The molecule has 69 heavy (non-hydrogen) atoms. The smallest absolute Gasteiger partial charge is 0.119 e. The van der Waals surface area contributed by atoms with Crippen molar-refractivity contribution >= 4 is 49.6 Å². The van der Waals surface area contributed by atoms with Gasteiger partial charge in [0.15, 0.2) is 0 Å². The summed E-state index contributed by atoms with van der Waals surface area (Å²) in [5.41, 5.74) is 12.2. The molecule has 9 rings (SSSR count). The lowest BCUT2D eigenvalue weighted by Crippen LogP contribution is -2.34. The molecule has 390 valence electrons. The Morgan fingerprint density at radius 1 is 0.391 bits per heavy atom. The monoisotopic (exact) mass is 1040 g/mol. The number of ether oxygens (including phenoxy) is 4. The van der Waals surface area contributed by atoms with Crippen molar-refractivity contribution in [2.75, 3.05) is 54.6 Å². The molecule has 0 radical (unpaired) electrons. The second-order valence-electron chi connectivity index (χ2n) is 19.1. The minimum atomic E-state index is 0. The Labute approximate surface area is 435 Å². The van der Waals surface area contributed by atoms with Gasteiger partial charge in [-0.1, -0.05) is 24.3 Å². The highest BCUT2D eigenvalue weighted by molar-refractivity contribution is 5.86. The third kappa shape index (κ3) is 14.3. The van der Waals surface area contributed by atoms with Crippen LogP contribution in [0.25, 0.3) is 0 Å². The molecular weight excluding hydrogens is 962 g/mol. The molecule has 12 N–H and O–H groups in total. The van der Waals surface area contributed by atoms with Gasteiger partial charge in [-0.3, -0.25) is 0 Å². The van der Waals surface area contributed by atoms with Crippen LogP contribution < -0.4 is 40.2 Å². The summed E-state index contributed by atoms with van der Waals surface area (Å²) in [6, 6.07) is 28.6. The molecule has 12 nitrogen and oxygen atoms in total. The van der Waals surface area contributed by atoms with Gasteiger partial charge in [0.2, 0.25) is 0 Å². The SMILES string of the molecule is COc1ccc2c(c1)CCNC2CCC1(CCC2NCCc3cc(OC)ccc32)CCC(CCC2NCCc3cc(OC)ccc32)(CCC2NCCc3cc(OC)ccc32)C1.Cl.Cl.Cl.Cl.O.O.O.O. The second kappa shape index (κ2) is 28.8. The molecule has 1 aliphatic carbocycles. The zero-order valence-electron chi connectivity index (χ0n) is 40.9. The second-order valence-corrected chi connectivity index (χ2v) is 19.1. The molecule has 1 fully saturated rings. The van der Waals surface area contributed by atoms with E-state index < -0.39 is 0 Å². The largest absolute Gasteiger partial charge is 0.497 e. The van der Waals surface area contributed by atoms with Crippen molar-refractivity contribution in [3.8, 4) is 23.0 Å². The summed E-state index contributed by atoms with van der Waals surface area (Å²) in [6.45, 7) is 4.10. The quantitative estimate of drug-likeness (QED) is 0.0857. The van der Waals surface area contributed by atoms with Crippen LogP contribution in [-0.2, 0) is 25.7 Å². The average Bonchev–Trinajstić information content (AvgIpc) is 3.68. The Kier molecular flexibility index (Phi) is 26.7. The highest BCUT2D eigenvalue weighted by Crippen LogP contribution is 2.60. The summed E-state index contributed by atoms with van der Waals surface area (Å²) in [4.78, 5) is 0. The van der Waals surface area contributed by atoms with Crippen molar-refractivity contribution in [2.24, 2.45) is 10.8 Å². The minimum absolute atomic E-state index is 0. The molecule has 0 aromatic heterocycles. The Hall–Kier alpha value is -3.08. The van der Waals surface area contributed by atoms with Crippen LogP contribution in [0.2, 0.25) is 0 Å². The van der Waals surface area contributed by atoms with Crippen LogP contribution in [0.5, 0.6) is 23.0 Å². The zero-order chi connectivity index (χ0) is 41.8. The number of rotatable bonds is 16. The van der Waals surface area contributed by atoms with Gasteiger partial charge in [0.25, 0.3) is 0 Å². The van der Waals surface area contributed by atoms with Gasteiger partial charge in [-0.05, 0) is 226 Å². The molecular formula is C53H82Cl4N4O8. The van der Waals surface area contributed by atoms with Gasteiger partial charge >= 0.3 is 0 Å². The number of hydrogen-bond acceptors (Lipinski definition) is 8. The zero-order valence-corrected chi connectivity index (χ0v) is 44.2. The number of nitrogens with one attached hydrogen (secondary N) is 4. The van der Waals surface area contributed by atoms with Gasteiger partial charge < -0.3 is 62.1 Å². The molecule has 4 heterocycles. The van der Waals surface area contributed by atoms with Gasteiger partial charge in [0, 0.05) is 24.2 Å². The molecule has 4 aromatic carbocycles. The predicted octanol–water partition coefficient (Wildman–Crippen LogP) is 8.23. The maximum Gasteiger partial charge on any atom is 0.119 e. The van der Waals surface area contributed by atoms with Crippen LogP contribution in [0.15, 0.2) is 72.8 Å². The lowest BCUT2D eigenvalue weighted by atomic mass is 9.68. The fourth-order valence-electron chi connectivity index (χ4n) is 12.5. The van der Waals surface area contributed by atoms with Crippen LogP contribution in [0.1, 0.15) is 139 Å². The van der Waals surface area contributed by atoms with Gasteiger partial charge in [0.05, 0.1) is 28.4 Å². The molecule has 4 aliphatic heterocycles. The van der Waals surface area contributed by atoms with E-state index >= 15 is 0 Å². The van der Waals surface area contributed by atoms with E-state index in [1.807, 2.05) is 0 Å². The number of benzene rings is 4. The van der Waals surface area contributed by atoms with Crippen molar-refractivity contribution < 1.29 is 40.9 Å². The maximum absolute atomic E-state index is 5.66.